The molecule has 0 spiro atoms. The van der Waals surface area contributed by atoms with Crippen LogP contribution < -0.4 is 10.2 Å². The van der Waals surface area contributed by atoms with Crippen molar-refractivity contribution in [3.63, 3.8) is 0 Å². The number of carboxylic acids is 1. The summed E-state index contributed by atoms with van der Waals surface area (Å²) in [7, 11) is 1.31. The Morgan fingerprint density at radius 2 is 2.37 bits per heavy atom. The van der Waals surface area contributed by atoms with Crippen LogP contribution in [0.15, 0.2) is 18.5 Å². The van der Waals surface area contributed by atoms with Crippen LogP contribution in [0.3, 0.4) is 0 Å². The van der Waals surface area contributed by atoms with Crippen LogP contribution in [0.5, 0.6) is 0 Å². The van der Waals surface area contributed by atoms with Crippen LogP contribution in [0, 0.1) is 0 Å². The lowest BCUT2D eigenvalue weighted by Gasteiger charge is -2.20. The summed E-state index contributed by atoms with van der Waals surface area (Å²) in [5.41, 5.74) is 0.790. The summed E-state index contributed by atoms with van der Waals surface area (Å²) < 4.78 is 4.54. The van der Waals surface area contributed by atoms with E-state index in [1.54, 1.807) is 0 Å². The zero-order chi connectivity index (χ0) is 13.8. The summed E-state index contributed by atoms with van der Waals surface area (Å²) in [5.74, 6) is -0.984. The van der Waals surface area contributed by atoms with Crippen molar-refractivity contribution in [3.8, 4) is 0 Å². The smallest absolute Gasteiger partial charge is 0.407 e. The van der Waals surface area contributed by atoms with Gasteiger partial charge in [-0.3, -0.25) is 4.98 Å². The molecular weight excluding hydrogens is 250 g/mol. The maximum atomic E-state index is 11.1. The lowest BCUT2D eigenvalue weighted by atomic mass is 10.2. The monoisotopic (exact) mass is 265 g/mol. The summed E-state index contributed by atoms with van der Waals surface area (Å²) in [4.78, 5) is 28.1. The molecule has 1 aromatic heterocycles. The van der Waals surface area contributed by atoms with Crippen LogP contribution in [0.1, 0.15) is 16.8 Å². The van der Waals surface area contributed by atoms with Crippen molar-refractivity contribution in [2.24, 2.45) is 0 Å². The number of alkyl carbamates (subject to hydrolysis) is 1. The van der Waals surface area contributed by atoms with Gasteiger partial charge in [0, 0.05) is 19.3 Å². The van der Waals surface area contributed by atoms with E-state index in [0.29, 0.717) is 18.8 Å². The number of carboxylic acid groups (broad SMARTS) is 1. The van der Waals surface area contributed by atoms with Gasteiger partial charge in [-0.25, -0.2) is 9.59 Å². The normalized spacial score (nSPS) is 18.2. The first-order valence-electron chi connectivity index (χ1n) is 5.88. The minimum absolute atomic E-state index is 0.0469. The van der Waals surface area contributed by atoms with E-state index in [-0.39, 0.29) is 11.6 Å². The van der Waals surface area contributed by atoms with Crippen LogP contribution in [-0.2, 0) is 4.74 Å². The highest BCUT2D eigenvalue weighted by molar-refractivity contribution is 5.94. The Kier molecular flexibility index (Phi) is 3.84. The van der Waals surface area contributed by atoms with Crippen LogP contribution in [0.4, 0.5) is 10.5 Å². The second-order valence-electron chi connectivity index (χ2n) is 4.27. The molecule has 1 unspecified atom stereocenters. The number of rotatable bonds is 3. The molecule has 0 saturated carbocycles. The van der Waals surface area contributed by atoms with Crippen LogP contribution in [0.2, 0.25) is 0 Å². The fourth-order valence-electron chi connectivity index (χ4n) is 2.14. The molecule has 1 saturated heterocycles. The van der Waals surface area contributed by atoms with Gasteiger partial charge in [0.05, 0.1) is 30.6 Å². The number of hydrogen-bond acceptors (Lipinski definition) is 5. The lowest BCUT2D eigenvalue weighted by molar-refractivity contribution is 0.0697. The minimum Gasteiger partial charge on any atom is -0.478 e. The van der Waals surface area contributed by atoms with Gasteiger partial charge in [-0.15, -0.1) is 0 Å². The van der Waals surface area contributed by atoms with Gasteiger partial charge >= 0.3 is 12.1 Å². The summed E-state index contributed by atoms with van der Waals surface area (Å²) >= 11 is 0. The van der Waals surface area contributed by atoms with Gasteiger partial charge in [-0.2, -0.15) is 0 Å². The van der Waals surface area contributed by atoms with E-state index in [0.717, 1.165) is 6.42 Å². The van der Waals surface area contributed by atoms with Gasteiger partial charge in [-0.05, 0) is 12.5 Å². The third kappa shape index (κ3) is 2.93. The molecular formula is C12H15N3O4. The number of nitrogens with zero attached hydrogens (tertiary/aromatic N) is 2. The number of hydrogen-bond donors (Lipinski definition) is 2. The molecule has 0 radical (unpaired) electrons. The van der Waals surface area contributed by atoms with Crippen LogP contribution in [0.25, 0.3) is 0 Å². The molecule has 7 heteroatoms. The highest BCUT2D eigenvalue weighted by Crippen LogP contribution is 2.23. The Morgan fingerprint density at radius 3 is 3.05 bits per heavy atom. The number of nitrogens with one attached hydrogen (secondary N) is 1. The van der Waals surface area contributed by atoms with E-state index in [1.807, 2.05) is 4.90 Å². The first-order valence-corrected chi connectivity index (χ1v) is 5.88. The molecule has 1 aliphatic rings. The molecule has 0 bridgehead atoms. The third-order valence-corrected chi connectivity index (χ3v) is 3.07. The van der Waals surface area contributed by atoms with Crippen molar-refractivity contribution in [1.29, 1.82) is 0 Å². The summed E-state index contributed by atoms with van der Waals surface area (Å²) in [6.45, 7) is 1.21. The second-order valence-corrected chi connectivity index (χ2v) is 4.27. The molecule has 7 nitrogen and oxygen atoms in total. The molecule has 19 heavy (non-hydrogen) atoms. The fraction of sp³-hybridized carbons (Fsp3) is 0.417. The molecule has 102 valence electrons. The van der Waals surface area contributed by atoms with Gasteiger partial charge in [0.25, 0.3) is 0 Å². The van der Waals surface area contributed by atoms with Crippen molar-refractivity contribution in [2.45, 2.75) is 12.5 Å². The molecule has 1 aliphatic heterocycles. The molecule has 1 atom stereocenters. The number of ether oxygens (including phenoxy) is 1. The number of carbonyl (C=O) groups excluding carboxylic acids is 1. The zero-order valence-corrected chi connectivity index (χ0v) is 10.5. The number of pyridine rings is 1. The molecule has 1 amide bonds. The average molecular weight is 265 g/mol. The van der Waals surface area contributed by atoms with E-state index in [4.69, 9.17) is 5.11 Å². The lowest BCUT2D eigenvalue weighted by Crippen LogP contribution is -2.37. The molecule has 2 N–H and O–H groups in total. The third-order valence-electron chi connectivity index (χ3n) is 3.07. The SMILES string of the molecule is COC(=O)NC1CCN(c2cnccc2C(=O)O)C1. The van der Waals surface area contributed by atoms with E-state index in [9.17, 15) is 9.59 Å². The van der Waals surface area contributed by atoms with E-state index in [1.165, 1.54) is 25.6 Å². The Balaban J connectivity index is 2.09. The van der Waals surface area contributed by atoms with E-state index < -0.39 is 12.1 Å². The Morgan fingerprint density at radius 1 is 1.58 bits per heavy atom. The molecule has 0 aromatic carbocycles. The van der Waals surface area contributed by atoms with Crippen LogP contribution >= 0.6 is 0 Å². The fourth-order valence-corrected chi connectivity index (χ4v) is 2.14. The maximum Gasteiger partial charge on any atom is 0.407 e. The predicted molar refractivity (Wildman–Crippen MR) is 67.4 cm³/mol. The second kappa shape index (κ2) is 5.55. The molecule has 1 aromatic rings. The van der Waals surface area contributed by atoms with Gasteiger partial charge in [0.1, 0.15) is 0 Å². The van der Waals surface area contributed by atoms with Gasteiger partial charge in [-0.1, -0.05) is 0 Å². The zero-order valence-electron chi connectivity index (χ0n) is 10.5. The largest absolute Gasteiger partial charge is 0.478 e. The number of aromatic nitrogens is 1. The number of anilines is 1. The topological polar surface area (TPSA) is 91.8 Å². The standard InChI is InChI=1S/C12H15N3O4/c1-19-12(18)14-8-3-5-15(7-8)10-6-13-4-2-9(10)11(16)17/h2,4,6,8H,3,5,7H2,1H3,(H,14,18)(H,16,17). The highest BCUT2D eigenvalue weighted by Gasteiger charge is 2.27. The Labute approximate surface area is 110 Å². The van der Waals surface area contributed by atoms with Crippen molar-refractivity contribution in [3.05, 3.63) is 24.0 Å². The summed E-state index contributed by atoms with van der Waals surface area (Å²) in [6.07, 6.45) is 3.25. The van der Waals surface area contributed by atoms with Crippen molar-refractivity contribution >= 4 is 17.7 Å². The summed E-state index contributed by atoms with van der Waals surface area (Å²) in [5, 5.41) is 11.8. The number of aromatic carboxylic acids is 1. The maximum absolute atomic E-state index is 11.1. The molecule has 1 fully saturated rings. The molecule has 0 aliphatic carbocycles. The first kappa shape index (κ1) is 13.1. The van der Waals surface area contributed by atoms with Crippen molar-refractivity contribution in [1.82, 2.24) is 10.3 Å². The van der Waals surface area contributed by atoms with Gasteiger partial charge in [0.15, 0.2) is 0 Å². The molecule has 2 heterocycles. The van der Waals surface area contributed by atoms with Gasteiger partial charge in [0.2, 0.25) is 0 Å². The van der Waals surface area contributed by atoms with Crippen molar-refractivity contribution in [2.75, 3.05) is 25.1 Å². The van der Waals surface area contributed by atoms with E-state index >= 15 is 0 Å². The number of carbonyl (C=O) groups is 2. The Bertz CT molecular complexity index is 492. The van der Waals surface area contributed by atoms with Crippen molar-refractivity contribution < 1.29 is 19.4 Å². The number of methoxy groups -OCH3 is 1. The number of amides is 1. The predicted octanol–water partition coefficient (Wildman–Crippen LogP) is 0.714. The molecule has 2 rings (SSSR count). The first-order chi connectivity index (χ1) is 9.11. The van der Waals surface area contributed by atoms with Crippen LogP contribution in [-0.4, -0.2) is 48.4 Å². The van der Waals surface area contributed by atoms with Gasteiger partial charge < -0.3 is 20.1 Å². The minimum atomic E-state index is -0.984. The average Bonchev–Trinajstić information content (AvgIpc) is 2.86. The summed E-state index contributed by atoms with van der Waals surface area (Å²) in [6, 6.07) is 1.42. The van der Waals surface area contributed by atoms with E-state index in [2.05, 4.69) is 15.0 Å². The Hall–Kier alpha value is -2.31. The quantitative estimate of drug-likeness (QED) is 0.836. The highest BCUT2D eigenvalue weighted by atomic mass is 16.5.